The summed E-state index contributed by atoms with van der Waals surface area (Å²) in [6.07, 6.45) is 0.198. The summed E-state index contributed by atoms with van der Waals surface area (Å²) in [6.45, 7) is 22.1. The average Bonchev–Trinajstić information content (AvgIpc) is 4.10. The van der Waals surface area contributed by atoms with Gasteiger partial charge in [0.1, 0.15) is 48.4 Å². The topological polar surface area (TPSA) is 193 Å². The maximum absolute atomic E-state index is 14.1. The SMILES string of the molecule is COC(=O)N[C@H](C(=O)N1C[C@@H](C)C[C@H]1c1nc(C(C)C)c(-c2cc3c4c(c2)OCc2cc(-c5[nH]c([C@@H]6C[C@H](C)CN6C(=O)[C@@H](NC(=O)OC)C(C)C)nc5C(C)C)cc(c2-4)OC3)[nH]1)C(C)C. The number of imidazole rings is 2. The van der Waals surface area contributed by atoms with Gasteiger partial charge >= 0.3 is 12.2 Å². The fourth-order valence-electron chi connectivity index (χ4n) is 10.2. The molecule has 0 aliphatic carbocycles. The summed E-state index contributed by atoms with van der Waals surface area (Å²) in [7, 11) is 2.59. The molecular weight excluding hydrogens is 841 g/mol. The first-order valence-electron chi connectivity index (χ1n) is 23.5. The van der Waals surface area contributed by atoms with Gasteiger partial charge in [-0.05, 0) is 72.6 Å². The molecule has 0 spiro atoms. The van der Waals surface area contributed by atoms with E-state index in [1.54, 1.807) is 0 Å². The Morgan fingerprint density at radius 1 is 0.636 bits per heavy atom. The van der Waals surface area contributed by atoms with Crippen molar-refractivity contribution < 1.29 is 38.1 Å². The molecule has 16 nitrogen and oxygen atoms in total. The molecule has 354 valence electrons. The lowest BCUT2D eigenvalue weighted by atomic mass is 9.87. The summed E-state index contributed by atoms with van der Waals surface area (Å²) in [5.41, 5.74) is 9.43. The van der Waals surface area contributed by atoms with E-state index in [2.05, 4.69) is 86.4 Å². The fourth-order valence-corrected chi connectivity index (χ4v) is 10.2. The zero-order valence-electron chi connectivity index (χ0n) is 40.4. The third-order valence-electron chi connectivity index (χ3n) is 13.6. The average molecular weight is 907 g/mol. The lowest BCUT2D eigenvalue weighted by molar-refractivity contribution is -0.136. The van der Waals surface area contributed by atoms with Crippen LogP contribution >= 0.6 is 0 Å². The fraction of sp³-hybridized carbons (Fsp3) is 0.560. The maximum Gasteiger partial charge on any atom is 0.407 e. The summed E-state index contributed by atoms with van der Waals surface area (Å²) in [5, 5.41) is 5.51. The molecule has 8 rings (SSSR count). The van der Waals surface area contributed by atoms with E-state index in [9.17, 15) is 19.2 Å². The van der Waals surface area contributed by atoms with Crippen molar-refractivity contribution in [1.29, 1.82) is 0 Å². The Bertz CT molecular complexity index is 2300. The molecule has 4 aliphatic rings. The molecule has 4 N–H and O–H groups in total. The van der Waals surface area contributed by atoms with Crippen LogP contribution in [0.4, 0.5) is 9.59 Å². The number of carbonyl (C=O) groups is 4. The number of hydrogen-bond donors (Lipinski definition) is 4. The number of alkyl carbamates (subject to hydrolysis) is 2. The quantitative estimate of drug-likeness (QED) is 0.107. The standard InChI is InChI=1S/C50H66N8O8/c1-23(2)39-43(53-45(51-39)33-13-27(9)19-57(33)47(59)41(25(5)6)55-49(61)63-11)29-15-31-21-66-36-18-30(16-32-22-65-35(17-29)37(31)38(32)36)44-40(24(3)4)52-46(54-44)34-14-28(10)20-58(34)48(60)42(26(7)8)56-50(62)64-12/h15-18,23-28,33-34,41-42H,13-14,19-22H2,1-12H3,(H,51,53)(H,52,54)(H,55,61)(H,56,62)/t27-,28-,33-,34-,41-,42-/m0/s1. The number of likely N-dealkylation sites (tertiary alicyclic amines) is 2. The highest BCUT2D eigenvalue weighted by atomic mass is 16.5. The molecule has 2 saturated heterocycles. The first-order chi connectivity index (χ1) is 31.4. The Morgan fingerprint density at radius 2 is 1.02 bits per heavy atom. The predicted octanol–water partition coefficient (Wildman–Crippen LogP) is 8.75. The van der Waals surface area contributed by atoms with Gasteiger partial charge in [0.05, 0.1) is 49.1 Å². The van der Waals surface area contributed by atoms with Crippen molar-refractivity contribution in [3.63, 3.8) is 0 Å². The molecule has 4 aliphatic heterocycles. The van der Waals surface area contributed by atoms with Crippen molar-refractivity contribution in [2.45, 2.75) is 131 Å². The number of benzene rings is 2. The van der Waals surface area contributed by atoms with Gasteiger partial charge in [0.15, 0.2) is 0 Å². The lowest BCUT2D eigenvalue weighted by Gasteiger charge is -2.30. The number of nitrogens with zero attached hydrogens (tertiary/aromatic N) is 4. The van der Waals surface area contributed by atoms with Crippen molar-refractivity contribution in [2.75, 3.05) is 27.3 Å². The summed E-state index contributed by atoms with van der Waals surface area (Å²) in [4.78, 5) is 74.1. The largest absolute Gasteiger partial charge is 0.488 e. The number of carbonyl (C=O) groups excluding carboxylic acids is 4. The zero-order chi connectivity index (χ0) is 47.5. The lowest BCUT2D eigenvalue weighted by Crippen LogP contribution is -2.51. The highest BCUT2D eigenvalue weighted by molar-refractivity contribution is 5.90. The van der Waals surface area contributed by atoms with E-state index in [1.165, 1.54) is 14.2 Å². The Labute approximate surface area is 387 Å². The molecule has 0 bridgehead atoms. The third-order valence-corrected chi connectivity index (χ3v) is 13.6. The van der Waals surface area contributed by atoms with E-state index in [0.717, 1.165) is 92.1 Å². The maximum atomic E-state index is 14.1. The van der Waals surface area contributed by atoms with Gasteiger partial charge in [-0.15, -0.1) is 0 Å². The van der Waals surface area contributed by atoms with E-state index in [0.29, 0.717) is 26.3 Å². The van der Waals surface area contributed by atoms with Crippen LogP contribution in [0.5, 0.6) is 11.5 Å². The van der Waals surface area contributed by atoms with Gasteiger partial charge < -0.3 is 49.3 Å². The second-order valence-corrected chi connectivity index (χ2v) is 20.1. The number of aromatic amines is 2. The first kappa shape index (κ1) is 46.5. The third kappa shape index (κ3) is 8.58. The van der Waals surface area contributed by atoms with Crippen molar-refractivity contribution in [1.82, 2.24) is 40.4 Å². The van der Waals surface area contributed by atoms with Gasteiger partial charge in [-0.1, -0.05) is 69.2 Å². The van der Waals surface area contributed by atoms with Gasteiger partial charge in [0.25, 0.3) is 0 Å². The molecule has 6 atom stereocenters. The Balaban J connectivity index is 1.11. The van der Waals surface area contributed by atoms with Gasteiger partial charge in [-0.25, -0.2) is 19.6 Å². The summed E-state index contributed by atoms with van der Waals surface area (Å²) in [6, 6.07) is 6.42. The molecule has 0 radical (unpaired) electrons. The van der Waals surface area contributed by atoms with Crippen LogP contribution in [0.1, 0.15) is 140 Å². The molecule has 2 aromatic heterocycles. The van der Waals surface area contributed by atoms with E-state index < -0.39 is 24.3 Å². The highest BCUT2D eigenvalue weighted by Crippen LogP contribution is 2.52. The smallest absolute Gasteiger partial charge is 0.407 e. The molecule has 2 aromatic carbocycles. The van der Waals surface area contributed by atoms with E-state index >= 15 is 0 Å². The Hall–Kier alpha value is -6.06. The van der Waals surface area contributed by atoms with Crippen LogP contribution in [0.15, 0.2) is 24.3 Å². The Morgan fingerprint density at radius 3 is 1.35 bits per heavy atom. The molecule has 0 saturated carbocycles. The van der Waals surface area contributed by atoms with E-state index in [4.69, 9.17) is 28.9 Å². The molecule has 4 aromatic rings. The van der Waals surface area contributed by atoms with Crippen LogP contribution in [0.2, 0.25) is 0 Å². The van der Waals surface area contributed by atoms with E-state index in [1.807, 2.05) is 37.5 Å². The van der Waals surface area contributed by atoms with Crippen LogP contribution in [-0.2, 0) is 32.3 Å². The highest BCUT2D eigenvalue weighted by Gasteiger charge is 2.43. The second-order valence-electron chi connectivity index (χ2n) is 20.1. The van der Waals surface area contributed by atoms with Crippen LogP contribution in [0, 0.1) is 23.7 Å². The number of aromatic nitrogens is 4. The molecule has 0 unspecified atom stereocenters. The first-order valence-corrected chi connectivity index (χ1v) is 23.5. The number of H-pyrrole nitrogens is 2. The van der Waals surface area contributed by atoms with Gasteiger partial charge in [-0.2, -0.15) is 0 Å². The number of ether oxygens (including phenoxy) is 4. The van der Waals surface area contributed by atoms with Gasteiger partial charge in [0.2, 0.25) is 11.8 Å². The minimum absolute atomic E-state index is 0.0765. The van der Waals surface area contributed by atoms with E-state index in [-0.39, 0.29) is 59.4 Å². The minimum atomic E-state index is -0.737. The van der Waals surface area contributed by atoms with Crippen LogP contribution < -0.4 is 20.1 Å². The van der Waals surface area contributed by atoms with Crippen molar-refractivity contribution in [2.24, 2.45) is 23.7 Å². The van der Waals surface area contributed by atoms with Crippen molar-refractivity contribution in [3.05, 3.63) is 58.4 Å². The monoisotopic (exact) mass is 907 g/mol. The molecule has 2 fully saturated rings. The normalized spacial score (nSPS) is 20.6. The van der Waals surface area contributed by atoms with Crippen LogP contribution in [-0.4, -0.2) is 93.1 Å². The number of hydrogen-bond acceptors (Lipinski definition) is 10. The minimum Gasteiger partial charge on any atom is -0.488 e. The summed E-state index contributed by atoms with van der Waals surface area (Å²) >= 11 is 0. The molecule has 6 heterocycles. The second kappa shape index (κ2) is 18.3. The van der Waals surface area contributed by atoms with Gasteiger partial charge in [-0.3, -0.25) is 9.59 Å². The zero-order valence-corrected chi connectivity index (χ0v) is 40.4. The van der Waals surface area contributed by atoms with Gasteiger partial charge in [0, 0.05) is 46.5 Å². The summed E-state index contributed by atoms with van der Waals surface area (Å²) in [5.74, 6) is 3.00. The summed E-state index contributed by atoms with van der Waals surface area (Å²) < 4.78 is 23.0. The number of rotatable bonds is 12. The van der Waals surface area contributed by atoms with Crippen LogP contribution in [0.25, 0.3) is 33.6 Å². The number of methoxy groups -OCH3 is 2. The number of amides is 4. The Kier molecular flexibility index (Phi) is 12.9. The molecule has 16 heteroatoms. The number of nitrogens with one attached hydrogen (secondary N) is 4. The molecular formula is C50H66N8O8. The van der Waals surface area contributed by atoms with Crippen molar-refractivity contribution >= 4 is 24.0 Å². The predicted molar refractivity (Wildman–Crippen MR) is 249 cm³/mol. The molecule has 66 heavy (non-hydrogen) atoms. The van der Waals surface area contributed by atoms with Crippen LogP contribution in [0.3, 0.4) is 0 Å². The molecule has 4 amide bonds. The van der Waals surface area contributed by atoms with Crippen molar-refractivity contribution in [3.8, 4) is 45.1 Å².